The molecule has 1 aliphatic carbocycles. The van der Waals surface area contributed by atoms with Crippen LogP contribution in [0.1, 0.15) is 51.4 Å². The molecule has 144 valence electrons. The molecule has 0 atom stereocenters. The van der Waals surface area contributed by atoms with Crippen molar-refractivity contribution in [1.29, 1.82) is 0 Å². The van der Waals surface area contributed by atoms with Crippen molar-refractivity contribution in [1.82, 2.24) is 15.5 Å². The van der Waals surface area contributed by atoms with E-state index in [0.29, 0.717) is 31.8 Å². The van der Waals surface area contributed by atoms with Crippen LogP contribution >= 0.6 is 0 Å². The monoisotopic (exact) mass is 354 g/mol. The highest BCUT2D eigenvalue weighted by molar-refractivity contribution is 5.80. The largest absolute Gasteiger partial charge is 0.453 e. The van der Waals surface area contributed by atoms with Gasteiger partial charge in [-0.25, -0.2) is 4.79 Å². The Labute approximate surface area is 151 Å². The fourth-order valence-corrected chi connectivity index (χ4v) is 3.53. The molecule has 1 heterocycles. The van der Waals surface area contributed by atoms with E-state index in [9.17, 15) is 4.79 Å². The molecule has 0 aromatic heterocycles. The predicted octanol–water partition coefficient (Wildman–Crippen LogP) is 2.12. The summed E-state index contributed by atoms with van der Waals surface area (Å²) in [6, 6.07) is 0.329. The third kappa shape index (κ3) is 7.10. The van der Waals surface area contributed by atoms with Crippen LogP contribution in [0.2, 0.25) is 0 Å². The molecule has 0 unspecified atom stereocenters. The van der Waals surface area contributed by atoms with Crippen molar-refractivity contribution in [2.45, 2.75) is 63.5 Å². The molecule has 0 spiro atoms. The molecule has 0 bridgehead atoms. The molecule has 2 fully saturated rings. The van der Waals surface area contributed by atoms with Gasteiger partial charge >= 0.3 is 6.09 Å². The summed E-state index contributed by atoms with van der Waals surface area (Å²) < 4.78 is 10.8. The third-order valence-electron chi connectivity index (χ3n) is 5.04. The summed E-state index contributed by atoms with van der Waals surface area (Å²) in [5, 5.41) is 6.76. The van der Waals surface area contributed by atoms with Crippen LogP contribution in [0.3, 0.4) is 0 Å². The van der Waals surface area contributed by atoms with Gasteiger partial charge in [-0.2, -0.15) is 0 Å². The lowest BCUT2D eigenvalue weighted by molar-refractivity contribution is 0.0467. The fourth-order valence-electron chi connectivity index (χ4n) is 3.53. The number of guanidine groups is 1. The number of piperidine rings is 1. The minimum Gasteiger partial charge on any atom is -0.453 e. The molecule has 0 aromatic rings. The van der Waals surface area contributed by atoms with Crippen molar-refractivity contribution in [3.05, 3.63) is 0 Å². The van der Waals surface area contributed by atoms with Gasteiger partial charge in [-0.1, -0.05) is 25.7 Å². The highest BCUT2D eigenvalue weighted by Gasteiger charge is 2.23. The number of likely N-dealkylation sites (tertiary alicyclic amines) is 1. The minimum absolute atomic E-state index is 0.239. The highest BCUT2D eigenvalue weighted by atomic mass is 16.5. The van der Waals surface area contributed by atoms with E-state index >= 15 is 0 Å². The van der Waals surface area contributed by atoms with Crippen LogP contribution < -0.4 is 10.6 Å². The van der Waals surface area contributed by atoms with E-state index < -0.39 is 0 Å². The first-order chi connectivity index (χ1) is 12.2. The Hall–Kier alpha value is -1.50. The maximum absolute atomic E-state index is 11.5. The zero-order valence-electron chi connectivity index (χ0n) is 15.8. The molecule has 0 aromatic carbocycles. The van der Waals surface area contributed by atoms with Crippen LogP contribution in [0.15, 0.2) is 4.99 Å². The molecular formula is C18H34N4O3. The summed E-state index contributed by atoms with van der Waals surface area (Å²) in [5.41, 5.74) is 0. The van der Waals surface area contributed by atoms with E-state index in [0.717, 1.165) is 25.3 Å². The second kappa shape index (κ2) is 11.2. The normalized spacial score (nSPS) is 20.9. The number of nitrogens with zero attached hydrogens (tertiary/aromatic N) is 2. The standard InChI is InChI=1S/C18H34N4O3/c1-19-17(20-11-14-25-16-7-5-3-4-6-8-16)21-15-9-12-22(13-10-15)18(23)24-2/h15-16H,3-14H2,1-2H3,(H2,19,20,21). The number of rotatable bonds is 5. The van der Waals surface area contributed by atoms with Crippen LogP contribution in [-0.4, -0.2) is 69.5 Å². The van der Waals surface area contributed by atoms with Crippen LogP contribution in [-0.2, 0) is 9.47 Å². The Morgan fingerprint density at radius 1 is 1.12 bits per heavy atom. The van der Waals surface area contributed by atoms with Gasteiger partial charge in [0, 0.05) is 32.7 Å². The average Bonchev–Trinajstić information content (AvgIpc) is 2.93. The number of carbonyl (C=O) groups is 1. The lowest BCUT2D eigenvalue weighted by Gasteiger charge is -2.32. The van der Waals surface area contributed by atoms with Gasteiger partial charge < -0.3 is 25.0 Å². The SMILES string of the molecule is CN=C(NCCOC1CCCCCC1)NC1CCN(C(=O)OC)CC1. The Kier molecular flexibility index (Phi) is 8.86. The highest BCUT2D eigenvalue weighted by Crippen LogP contribution is 2.19. The molecule has 2 N–H and O–H groups in total. The average molecular weight is 354 g/mol. The first-order valence-electron chi connectivity index (χ1n) is 9.64. The van der Waals surface area contributed by atoms with Crippen molar-refractivity contribution in [3.63, 3.8) is 0 Å². The fraction of sp³-hybridized carbons (Fsp3) is 0.889. The van der Waals surface area contributed by atoms with E-state index in [4.69, 9.17) is 9.47 Å². The van der Waals surface area contributed by atoms with Crippen LogP contribution in [0, 0.1) is 0 Å². The van der Waals surface area contributed by atoms with Crippen molar-refractivity contribution < 1.29 is 14.3 Å². The molecule has 1 saturated carbocycles. The van der Waals surface area contributed by atoms with E-state index in [-0.39, 0.29) is 6.09 Å². The molecule has 1 saturated heterocycles. The third-order valence-corrected chi connectivity index (χ3v) is 5.04. The van der Waals surface area contributed by atoms with Gasteiger partial charge in [0.1, 0.15) is 0 Å². The molecule has 7 heteroatoms. The Bertz CT molecular complexity index is 415. The Balaban J connectivity index is 1.60. The summed E-state index contributed by atoms with van der Waals surface area (Å²) in [5.74, 6) is 0.806. The van der Waals surface area contributed by atoms with E-state index in [1.807, 2.05) is 0 Å². The smallest absolute Gasteiger partial charge is 0.409 e. The minimum atomic E-state index is -0.239. The maximum Gasteiger partial charge on any atom is 0.409 e. The van der Waals surface area contributed by atoms with Gasteiger partial charge in [-0.05, 0) is 25.7 Å². The molecule has 0 radical (unpaired) electrons. The van der Waals surface area contributed by atoms with Crippen molar-refractivity contribution in [2.24, 2.45) is 4.99 Å². The number of aliphatic imine (C=N–C) groups is 1. The van der Waals surface area contributed by atoms with Gasteiger partial charge in [0.2, 0.25) is 0 Å². The van der Waals surface area contributed by atoms with Crippen LogP contribution in [0.25, 0.3) is 0 Å². The lowest BCUT2D eigenvalue weighted by atomic mass is 10.1. The summed E-state index contributed by atoms with van der Waals surface area (Å²) in [6.45, 7) is 2.90. The second-order valence-corrected chi connectivity index (χ2v) is 6.86. The quantitative estimate of drug-likeness (QED) is 0.342. The van der Waals surface area contributed by atoms with Crippen molar-refractivity contribution in [3.8, 4) is 0 Å². The lowest BCUT2D eigenvalue weighted by Crippen LogP contribution is -2.50. The molecule has 7 nitrogen and oxygen atoms in total. The van der Waals surface area contributed by atoms with Crippen LogP contribution in [0.4, 0.5) is 4.79 Å². The van der Waals surface area contributed by atoms with E-state index in [2.05, 4.69) is 15.6 Å². The topological polar surface area (TPSA) is 75.2 Å². The zero-order valence-corrected chi connectivity index (χ0v) is 15.8. The molecular weight excluding hydrogens is 320 g/mol. The summed E-state index contributed by atoms with van der Waals surface area (Å²) in [4.78, 5) is 17.5. The first kappa shape index (κ1) is 19.8. The van der Waals surface area contributed by atoms with Crippen molar-refractivity contribution >= 4 is 12.1 Å². The molecule has 1 amide bonds. The summed E-state index contributed by atoms with van der Waals surface area (Å²) in [6.07, 6.45) is 9.68. The number of carbonyl (C=O) groups excluding carboxylic acids is 1. The molecule has 25 heavy (non-hydrogen) atoms. The summed E-state index contributed by atoms with van der Waals surface area (Å²) >= 11 is 0. The molecule has 2 aliphatic rings. The molecule has 1 aliphatic heterocycles. The Morgan fingerprint density at radius 2 is 1.80 bits per heavy atom. The van der Waals surface area contributed by atoms with Gasteiger partial charge in [-0.15, -0.1) is 0 Å². The molecule has 2 rings (SSSR count). The second-order valence-electron chi connectivity index (χ2n) is 6.86. The number of amides is 1. The van der Waals surface area contributed by atoms with Gasteiger partial charge in [0.25, 0.3) is 0 Å². The predicted molar refractivity (Wildman–Crippen MR) is 98.9 cm³/mol. The zero-order chi connectivity index (χ0) is 17.9. The van der Waals surface area contributed by atoms with E-state index in [1.54, 1.807) is 11.9 Å². The number of hydrogen-bond donors (Lipinski definition) is 2. The number of nitrogens with one attached hydrogen (secondary N) is 2. The first-order valence-corrected chi connectivity index (χ1v) is 9.64. The number of methoxy groups -OCH3 is 1. The summed E-state index contributed by atoms with van der Waals surface area (Å²) in [7, 11) is 3.21. The number of ether oxygens (including phenoxy) is 2. The van der Waals surface area contributed by atoms with Gasteiger partial charge in [-0.3, -0.25) is 4.99 Å². The maximum atomic E-state index is 11.5. The van der Waals surface area contributed by atoms with Crippen molar-refractivity contribution in [2.75, 3.05) is 40.4 Å². The Morgan fingerprint density at radius 3 is 2.40 bits per heavy atom. The van der Waals surface area contributed by atoms with Gasteiger partial charge in [0.15, 0.2) is 5.96 Å². The van der Waals surface area contributed by atoms with Gasteiger partial charge in [0.05, 0.1) is 19.8 Å². The van der Waals surface area contributed by atoms with E-state index in [1.165, 1.54) is 45.6 Å². The number of hydrogen-bond acceptors (Lipinski definition) is 4. The van der Waals surface area contributed by atoms with Crippen LogP contribution in [0.5, 0.6) is 0 Å².